The molecule has 0 N–H and O–H groups in total. The molecule has 22 heavy (non-hydrogen) atoms. The third-order valence-corrected chi connectivity index (χ3v) is 3.32. The molecule has 0 spiro atoms. The van der Waals surface area contributed by atoms with Crippen LogP contribution >= 0.6 is 0 Å². The number of fused-ring (bicyclic) bond motifs is 1. The number of benzene rings is 1. The Morgan fingerprint density at radius 1 is 1.18 bits per heavy atom. The number of hydrogen-bond acceptors (Lipinski definition) is 6. The minimum Gasteiger partial charge on any atom is -0.457 e. The predicted octanol–water partition coefficient (Wildman–Crippen LogP) is 2.09. The summed E-state index contributed by atoms with van der Waals surface area (Å²) in [4.78, 5) is 11.6. The molecule has 1 aromatic carbocycles. The van der Waals surface area contributed by atoms with Crippen LogP contribution < -0.4 is 0 Å². The van der Waals surface area contributed by atoms with Crippen molar-refractivity contribution < 1.29 is 13.9 Å². The van der Waals surface area contributed by atoms with Crippen molar-refractivity contribution in [2.24, 2.45) is 5.10 Å². The van der Waals surface area contributed by atoms with E-state index < -0.39 is 0 Å². The number of carbonyl (C=O) groups is 1. The van der Waals surface area contributed by atoms with Gasteiger partial charge in [-0.25, -0.2) is 9.47 Å². The van der Waals surface area contributed by atoms with E-state index in [9.17, 15) is 4.79 Å². The molecule has 7 nitrogen and oxygen atoms in total. The first kappa shape index (κ1) is 12.5. The van der Waals surface area contributed by atoms with Gasteiger partial charge in [-0.1, -0.05) is 12.1 Å². The van der Waals surface area contributed by atoms with Crippen LogP contribution in [0.2, 0.25) is 0 Å². The monoisotopic (exact) mass is 294 g/mol. The first-order valence-electron chi connectivity index (χ1n) is 6.59. The Morgan fingerprint density at radius 2 is 2.05 bits per heavy atom. The van der Waals surface area contributed by atoms with E-state index in [2.05, 4.69) is 15.3 Å². The van der Waals surface area contributed by atoms with Crippen molar-refractivity contribution in [2.45, 2.75) is 6.61 Å². The van der Waals surface area contributed by atoms with E-state index in [1.54, 1.807) is 18.3 Å². The van der Waals surface area contributed by atoms with Gasteiger partial charge in [-0.2, -0.15) is 5.10 Å². The van der Waals surface area contributed by atoms with Gasteiger partial charge in [0, 0.05) is 11.1 Å². The van der Waals surface area contributed by atoms with E-state index in [0.29, 0.717) is 23.7 Å². The molecule has 108 valence electrons. The average molecular weight is 294 g/mol. The largest absolute Gasteiger partial charge is 0.457 e. The number of carbonyl (C=O) groups excluding carboxylic acids is 1. The highest BCUT2D eigenvalue weighted by atomic mass is 16.5. The Kier molecular flexibility index (Phi) is 2.82. The highest BCUT2D eigenvalue weighted by molar-refractivity contribution is 5.94. The van der Waals surface area contributed by atoms with E-state index >= 15 is 0 Å². The van der Waals surface area contributed by atoms with E-state index in [-0.39, 0.29) is 5.97 Å². The summed E-state index contributed by atoms with van der Waals surface area (Å²) in [5.41, 5.74) is 2.31. The number of esters is 1. The molecule has 3 aromatic rings. The number of rotatable bonds is 3. The normalized spacial score (nSPS) is 13.5. The molecule has 1 aliphatic heterocycles. The highest BCUT2D eigenvalue weighted by Crippen LogP contribution is 2.27. The van der Waals surface area contributed by atoms with Crippen LogP contribution in [-0.2, 0) is 11.3 Å². The lowest BCUT2D eigenvalue weighted by Gasteiger charge is -1.99. The van der Waals surface area contributed by atoms with Crippen molar-refractivity contribution in [3.8, 4) is 11.3 Å². The zero-order valence-electron chi connectivity index (χ0n) is 11.3. The topological polar surface area (TPSA) is 82.5 Å². The molecule has 1 aliphatic rings. The Morgan fingerprint density at radius 3 is 2.91 bits per heavy atom. The number of nitrogens with zero attached hydrogens (tertiary/aromatic N) is 4. The minimum atomic E-state index is -0.294. The Labute approximate surface area is 124 Å². The number of furan rings is 1. The Bertz CT molecular complexity index is 865. The van der Waals surface area contributed by atoms with Crippen LogP contribution in [0, 0.1) is 0 Å². The van der Waals surface area contributed by atoms with Crippen LogP contribution in [0.15, 0.2) is 52.5 Å². The summed E-state index contributed by atoms with van der Waals surface area (Å²) < 4.78 is 12.2. The smallest absolute Gasteiger partial charge is 0.338 e. The molecular formula is C15H10N4O3. The standard InChI is InChI=1S/C15H10N4O3/c20-15-13-5-10(1-2-11(13)7-21-15)14-4-3-12(22-14)6-18-19-8-16-17-9-19/h1-6,8-9H,7H2/b18-6+. The Hall–Kier alpha value is -3.22. The lowest BCUT2D eigenvalue weighted by Crippen LogP contribution is -1.93. The van der Waals surface area contributed by atoms with E-state index in [4.69, 9.17) is 9.15 Å². The van der Waals surface area contributed by atoms with E-state index in [0.717, 1.165) is 11.1 Å². The summed E-state index contributed by atoms with van der Waals surface area (Å²) >= 11 is 0. The van der Waals surface area contributed by atoms with Crippen molar-refractivity contribution in [1.82, 2.24) is 14.9 Å². The molecule has 0 amide bonds. The molecule has 0 bridgehead atoms. The van der Waals surface area contributed by atoms with Crippen LogP contribution in [0.5, 0.6) is 0 Å². The number of cyclic esters (lactones) is 1. The maximum absolute atomic E-state index is 11.6. The molecule has 3 heterocycles. The van der Waals surface area contributed by atoms with Crippen molar-refractivity contribution in [1.29, 1.82) is 0 Å². The maximum Gasteiger partial charge on any atom is 0.338 e. The molecule has 0 saturated heterocycles. The molecule has 0 aliphatic carbocycles. The molecule has 0 radical (unpaired) electrons. The van der Waals surface area contributed by atoms with Crippen LogP contribution in [0.1, 0.15) is 21.7 Å². The van der Waals surface area contributed by atoms with Crippen LogP contribution in [0.4, 0.5) is 0 Å². The van der Waals surface area contributed by atoms with Crippen molar-refractivity contribution in [3.05, 3.63) is 59.9 Å². The molecular weight excluding hydrogens is 284 g/mol. The third-order valence-electron chi connectivity index (χ3n) is 3.32. The SMILES string of the molecule is O=C1OCc2ccc(-c3ccc(/C=N/n4cnnc4)o3)cc21. The third kappa shape index (κ3) is 2.18. The summed E-state index contributed by atoms with van der Waals surface area (Å²) in [6.45, 7) is 0.337. The Balaban J connectivity index is 1.62. The first-order chi connectivity index (χ1) is 10.8. The van der Waals surface area contributed by atoms with Gasteiger partial charge in [0.25, 0.3) is 0 Å². The molecule has 0 fully saturated rings. The van der Waals surface area contributed by atoms with Crippen LogP contribution in [0.25, 0.3) is 11.3 Å². The van der Waals surface area contributed by atoms with E-state index in [1.807, 2.05) is 18.2 Å². The van der Waals surface area contributed by atoms with Crippen LogP contribution in [-0.4, -0.2) is 27.1 Å². The fourth-order valence-electron chi connectivity index (χ4n) is 2.22. The summed E-state index contributed by atoms with van der Waals surface area (Å²) in [6.07, 6.45) is 4.52. The van der Waals surface area contributed by atoms with Gasteiger partial charge in [-0.3, -0.25) is 0 Å². The fourth-order valence-corrected chi connectivity index (χ4v) is 2.22. The molecule has 0 saturated carbocycles. The number of ether oxygens (including phenoxy) is 1. The van der Waals surface area contributed by atoms with E-state index in [1.165, 1.54) is 17.3 Å². The second-order valence-electron chi connectivity index (χ2n) is 4.74. The minimum absolute atomic E-state index is 0.294. The lowest BCUT2D eigenvalue weighted by molar-refractivity contribution is 0.0535. The second kappa shape index (κ2) is 4.96. The lowest BCUT2D eigenvalue weighted by atomic mass is 10.0. The van der Waals surface area contributed by atoms with Crippen LogP contribution in [0.3, 0.4) is 0 Å². The van der Waals surface area contributed by atoms with Crippen molar-refractivity contribution in [3.63, 3.8) is 0 Å². The van der Waals surface area contributed by atoms with Gasteiger partial charge in [0.05, 0.1) is 11.8 Å². The number of hydrogen-bond donors (Lipinski definition) is 0. The van der Waals surface area contributed by atoms with Gasteiger partial charge >= 0.3 is 5.97 Å². The fraction of sp³-hybridized carbons (Fsp3) is 0.0667. The predicted molar refractivity (Wildman–Crippen MR) is 76.3 cm³/mol. The first-order valence-corrected chi connectivity index (χ1v) is 6.59. The molecule has 7 heteroatoms. The van der Waals surface area contributed by atoms with Gasteiger partial charge in [-0.15, -0.1) is 10.2 Å². The van der Waals surface area contributed by atoms with Crippen molar-refractivity contribution in [2.75, 3.05) is 0 Å². The van der Waals surface area contributed by atoms with Gasteiger partial charge in [0.2, 0.25) is 0 Å². The van der Waals surface area contributed by atoms with Gasteiger partial charge in [-0.05, 0) is 18.2 Å². The van der Waals surface area contributed by atoms with Crippen molar-refractivity contribution >= 4 is 12.2 Å². The highest BCUT2D eigenvalue weighted by Gasteiger charge is 2.21. The van der Waals surface area contributed by atoms with Gasteiger partial charge in [0.1, 0.15) is 30.8 Å². The summed E-state index contributed by atoms with van der Waals surface area (Å²) in [5, 5.41) is 11.4. The molecule has 4 rings (SSSR count). The summed E-state index contributed by atoms with van der Waals surface area (Å²) in [6, 6.07) is 9.19. The summed E-state index contributed by atoms with van der Waals surface area (Å²) in [5.74, 6) is 0.956. The summed E-state index contributed by atoms with van der Waals surface area (Å²) in [7, 11) is 0. The van der Waals surface area contributed by atoms with Gasteiger partial charge in [0.15, 0.2) is 0 Å². The quantitative estimate of drug-likeness (QED) is 0.545. The molecule has 2 aromatic heterocycles. The zero-order chi connectivity index (χ0) is 14.9. The molecule has 0 unspecified atom stereocenters. The maximum atomic E-state index is 11.6. The second-order valence-corrected chi connectivity index (χ2v) is 4.74. The number of aromatic nitrogens is 3. The zero-order valence-corrected chi connectivity index (χ0v) is 11.3. The molecule has 0 atom stereocenters. The van der Waals surface area contributed by atoms with Gasteiger partial charge < -0.3 is 9.15 Å². The average Bonchev–Trinajstić information content (AvgIpc) is 3.26.